The van der Waals surface area contributed by atoms with Gasteiger partial charge in [0.25, 0.3) is 0 Å². The van der Waals surface area contributed by atoms with Crippen LogP contribution in [0.4, 0.5) is 23.7 Å². The van der Waals surface area contributed by atoms with Gasteiger partial charge in [0.2, 0.25) is 5.91 Å². The van der Waals surface area contributed by atoms with Crippen molar-refractivity contribution in [3.05, 3.63) is 59.2 Å². The quantitative estimate of drug-likeness (QED) is 0.362. The van der Waals surface area contributed by atoms with E-state index in [-0.39, 0.29) is 36.8 Å². The maximum Gasteiger partial charge on any atom is 0.573 e. The van der Waals surface area contributed by atoms with Gasteiger partial charge in [-0.3, -0.25) is 19.3 Å². The first kappa shape index (κ1) is 25.2. The molecule has 0 bridgehead atoms. The number of amides is 2. The number of nitrogens with zero attached hydrogens (tertiary/aromatic N) is 1. The highest BCUT2D eigenvalue weighted by Crippen LogP contribution is 2.32. The van der Waals surface area contributed by atoms with Gasteiger partial charge in [0.1, 0.15) is 11.9 Å². The number of Topliss-reactive ketones (excluding diaryl/α,β-unsaturated/α-hetero) is 2. The van der Waals surface area contributed by atoms with Crippen molar-refractivity contribution in [2.75, 3.05) is 18.0 Å². The molecule has 1 unspecified atom stereocenters. The van der Waals surface area contributed by atoms with E-state index in [4.69, 9.17) is 4.74 Å². The van der Waals surface area contributed by atoms with Crippen LogP contribution in [-0.4, -0.2) is 49.1 Å². The molecule has 190 valence electrons. The van der Waals surface area contributed by atoms with Crippen LogP contribution in [0.3, 0.4) is 0 Å². The predicted molar refractivity (Wildman–Crippen MR) is 121 cm³/mol. The van der Waals surface area contributed by atoms with Crippen LogP contribution in [0.5, 0.6) is 5.75 Å². The Morgan fingerprint density at radius 3 is 2.53 bits per heavy atom. The Balaban J connectivity index is 1.49. The molecule has 2 amide bonds. The molecule has 8 nitrogen and oxygen atoms in total. The number of ether oxygens (including phenoxy) is 2. The summed E-state index contributed by atoms with van der Waals surface area (Å²) in [6.45, 7) is 1.79. The zero-order valence-corrected chi connectivity index (χ0v) is 19.3. The van der Waals surface area contributed by atoms with Gasteiger partial charge in [0.15, 0.2) is 11.6 Å². The molecule has 1 aliphatic heterocycles. The van der Waals surface area contributed by atoms with E-state index in [1.54, 1.807) is 18.2 Å². The van der Waals surface area contributed by atoms with Crippen molar-refractivity contribution in [3.63, 3.8) is 0 Å². The second-order valence-corrected chi connectivity index (χ2v) is 8.64. The molecule has 1 saturated heterocycles. The van der Waals surface area contributed by atoms with E-state index < -0.39 is 36.0 Å². The number of anilines is 1. The van der Waals surface area contributed by atoms with Crippen molar-refractivity contribution in [2.24, 2.45) is 5.92 Å². The van der Waals surface area contributed by atoms with Crippen LogP contribution < -0.4 is 15.0 Å². The lowest BCUT2D eigenvalue weighted by atomic mass is 9.88. The number of nitrogens with one attached hydrogen (secondary N) is 1. The number of ketones is 2. The van der Waals surface area contributed by atoms with E-state index in [1.165, 1.54) is 24.0 Å². The Morgan fingerprint density at radius 2 is 1.86 bits per heavy atom. The zero-order chi connectivity index (χ0) is 26.0. The minimum Gasteiger partial charge on any atom is -0.442 e. The number of alkyl halides is 3. The van der Waals surface area contributed by atoms with Gasteiger partial charge in [-0.2, -0.15) is 0 Å². The van der Waals surface area contributed by atoms with Gasteiger partial charge >= 0.3 is 12.5 Å². The average molecular weight is 504 g/mol. The largest absolute Gasteiger partial charge is 0.573 e. The lowest BCUT2D eigenvalue weighted by molar-refractivity contribution is -0.274. The lowest BCUT2D eigenvalue weighted by Crippen LogP contribution is -2.33. The van der Waals surface area contributed by atoms with Gasteiger partial charge in [-0.05, 0) is 67.3 Å². The molecular formula is C25H23F3N2O6. The summed E-state index contributed by atoms with van der Waals surface area (Å²) < 4.78 is 46.3. The van der Waals surface area contributed by atoms with Gasteiger partial charge in [0.05, 0.1) is 19.0 Å². The van der Waals surface area contributed by atoms with Crippen molar-refractivity contribution in [1.82, 2.24) is 5.32 Å². The van der Waals surface area contributed by atoms with E-state index >= 15 is 0 Å². The number of aryl methyl sites for hydroxylation is 1. The van der Waals surface area contributed by atoms with Crippen LogP contribution in [0.15, 0.2) is 42.5 Å². The van der Waals surface area contributed by atoms with Gasteiger partial charge in [0, 0.05) is 23.7 Å². The Kier molecular flexibility index (Phi) is 7.00. The number of fused-ring (bicyclic) bond motifs is 1. The third kappa shape index (κ3) is 5.67. The highest BCUT2D eigenvalue weighted by atomic mass is 19.4. The number of halogens is 3. The molecule has 1 heterocycles. The van der Waals surface area contributed by atoms with E-state index in [0.717, 1.165) is 12.1 Å². The van der Waals surface area contributed by atoms with Gasteiger partial charge in [-0.15, -0.1) is 13.2 Å². The van der Waals surface area contributed by atoms with Gasteiger partial charge in [-0.1, -0.05) is 0 Å². The number of hydrogen-bond acceptors (Lipinski definition) is 6. The molecular weight excluding hydrogens is 481 g/mol. The smallest absolute Gasteiger partial charge is 0.442 e. The van der Waals surface area contributed by atoms with Gasteiger partial charge in [-0.25, -0.2) is 4.79 Å². The predicted octanol–water partition coefficient (Wildman–Crippen LogP) is 4.06. The summed E-state index contributed by atoms with van der Waals surface area (Å²) in [5, 5.41) is 2.61. The molecule has 2 aromatic carbocycles. The first-order valence-electron chi connectivity index (χ1n) is 11.3. The number of hydrogen-bond donors (Lipinski definition) is 1. The number of benzene rings is 2. The number of rotatable bonds is 6. The minimum absolute atomic E-state index is 0.118. The van der Waals surface area contributed by atoms with Crippen LogP contribution in [0.2, 0.25) is 0 Å². The summed E-state index contributed by atoms with van der Waals surface area (Å²) in [5.41, 5.74) is 1.73. The second kappa shape index (κ2) is 10.00. The summed E-state index contributed by atoms with van der Waals surface area (Å²) in [6, 6.07) is 9.41. The summed E-state index contributed by atoms with van der Waals surface area (Å²) >= 11 is 0. The molecule has 2 aliphatic rings. The van der Waals surface area contributed by atoms with Crippen LogP contribution in [0, 0.1) is 5.92 Å². The van der Waals surface area contributed by atoms with E-state index in [0.29, 0.717) is 29.7 Å². The SMILES string of the molecule is CC(=O)NC[C@H]1CN(c2ccc3c(c2)CCCC(C(=O)c2ccc(OC(F)(F)F)cc2)C3=O)C(=O)O1. The number of carbonyl (C=O) groups is 4. The first-order valence-corrected chi connectivity index (χ1v) is 11.3. The van der Waals surface area contributed by atoms with Crippen molar-refractivity contribution >= 4 is 29.3 Å². The fraction of sp³-hybridized carbons (Fsp3) is 0.360. The monoisotopic (exact) mass is 504 g/mol. The maximum absolute atomic E-state index is 13.3. The second-order valence-electron chi connectivity index (χ2n) is 8.64. The summed E-state index contributed by atoms with van der Waals surface area (Å²) in [7, 11) is 0. The van der Waals surface area contributed by atoms with Crippen LogP contribution >= 0.6 is 0 Å². The van der Waals surface area contributed by atoms with Gasteiger partial charge < -0.3 is 14.8 Å². The topological polar surface area (TPSA) is 102 Å². The number of carbonyl (C=O) groups excluding carboxylic acids is 4. The third-order valence-corrected chi connectivity index (χ3v) is 6.06. The van der Waals surface area contributed by atoms with E-state index in [2.05, 4.69) is 10.1 Å². The standard InChI is InChI=1S/C25H23F3N2O6/c1-14(31)29-12-19-13-30(24(34)35-19)17-7-10-20-16(11-17)3-2-4-21(23(20)33)22(32)15-5-8-18(9-6-15)36-25(26,27)28/h5-11,19,21H,2-4,12-13H2,1H3,(H,29,31)/t19-,21?/m0/s1. The minimum atomic E-state index is -4.84. The Labute approximate surface area is 204 Å². The number of cyclic esters (lactones) is 1. The molecule has 4 rings (SSSR count). The fourth-order valence-corrected chi connectivity index (χ4v) is 4.38. The molecule has 0 radical (unpaired) electrons. The summed E-state index contributed by atoms with van der Waals surface area (Å²) in [6.07, 6.45) is -4.58. The molecule has 2 aromatic rings. The van der Waals surface area contributed by atoms with Crippen molar-refractivity contribution in [1.29, 1.82) is 0 Å². The Hall–Kier alpha value is -3.89. The van der Waals surface area contributed by atoms with Crippen molar-refractivity contribution in [3.8, 4) is 5.75 Å². The lowest BCUT2D eigenvalue weighted by Gasteiger charge is -2.17. The fourth-order valence-electron chi connectivity index (χ4n) is 4.38. The Bertz CT molecular complexity index is 1200. The molecule has 2 atom stereocenters. The van der Waals surface area contributed by atoms with Crippen LogP contribution in [0.1, 0.15) is 46.0 Å². The van der Waals surface area contributed by atoms with Crippen molar-refractivity contribution < 1.29 is 41.8 Å². The van der Waals surface area contributed by atoms with Crippen LogP contribution in [0.25, 0.3) is 0 Å². The highest BCUT2D eigenvalue weighted by Gasteiger charge is 2.35. The third-order valence-electron chi connectivity index (χ3n) is 6.06. The van der Waals surface area contributed by atoms with E-state index in [9.17, 15) is 32.3 Å². The normalized spacial score (nSPS) is 19.8. The highest BCUT2D eigenvalue weighted by molar-refractivity contribution is 6.17. The maximum atomic E-state index is 13.3. The average Bonchev–Trinajstić information content (AvgIpc) is 3.11. The zero-order valence-electron chi connectivity index (χ0n) is 19.3. The molecule has 1 fully saturated rings. The summed E-state index contributed by atoms with van der Waals surface area (Å²) in [4.78, 5) is 51.2. The van der Waals surface area contributed by atoms with Crippen LogP contribution in [-0.2, 0) is 16.0 Å². The first-order chi connectivity index (χ1) is 17.0. The molecule has 0 spiro atoms. The van der Waals surface area contributed by atoms with Crippen molar-refractivity contribution in [2.45, 2.75) is 38.7 Å². The molecule has 36 heavy (non-hydrogen) atoms. The molecule has 0 saturated carbocycles. The molecule has 1 N–H and O–H groups in total. The summed E-state index contributed by atoms with van der Waals surface area (Å²) in [5.74, 6) is -2.50. The van der Waals surface area contributed by atoms with E-state index in [1.807, 2.05) is 0 Å². The molecule has 11 heteroatoms. The molecule has 0 aromatic heterocycles. The Morgan fingerprint density at radius 1 is 1.14 bits per heavy atom. The molecule has 1 aliphatic carbocycles.